The number of ether oxygens (including phenoxy) is 1. The molecule has 0 atom stereocenters. The Morgan fingerprint density at radius 2 is 1.94 bits per heavy atom. The van der Waals surface area contributed by atoms with Crippen molar-refractivity contribution in [3.8, 4) is 5.88 Å². The number of amides is 1. The van der Waals surface area contributed by atoms with Crippen LogP contribution < -0.4 is 10.1 Å². The van der Waals surface area contributed by atoms with Gasteiger partial charge in [-0.25, -0.2) is 13.8 Å². The lowest BCUT2D eigenvalue weighted by atomic mass is 10.0. The number of hydrogen-bond donors (Lipinski definition) is 1. The fourth-order valence-corrected chi connectivity index (χ4v) is 4.14. The number of benzene rings is 1. The minimum absolute atomic E-state index is 0.0156. The predicted molar refractivity (Wildman–Crippen MR) is 121 cm³/mol. The van der Waals surface area contributed by atoms with Gasteiger partial charge in [-0.05, 0) is 65.0 Å². The molecule has 0 aliphatic carbocycles. The van der Waals surface area contributed by atoms with Gasteiger partial charge in [-0.2, -0.15) is 0 Å². The number of rotatable bonds is 6. The zero-order valence-corrected chi connectivity index (χ0v) is 19.2. The summed E-state index contributed by atoms with van der Waals surface area (Å²) >= 11 is 2.82. The maximum absolute atomic E-state index is 13.7. The number of fused-ring (bicyclic) bond motifs is 1. The summed E-state index contributed by atoms with van der Waals surface area (Å²) in [4.78, 5) is 23.7. The molecule has 1 aromatic carbocycles. The molecule has 0 saturated carbocycles. The molecule has 1 aliphatic rings. The molecular formula is C23H23BrF2N4O2. The van der Waals surface area contributed by atoms with Crippen LogP contribution in [-0.2, 0) is 6.42 Å². The maximum Gasteiger partial charge on any atom is 0.251 e. The first-order valence-corrected chi connectivity index (χ1v) is 11.2. The number of likely N-dealkylation sites (tertiary alicyclic amines) is 1. The number of nitrogens with one attached hydrogen (secondary N) is 1. The van der Waals surface area contributed by atoms with E-state index in [0.29, 0.717) is 5.88 Å². The Balaban J connectivity index is 1.31. The van der Waals surface area contributed by atoms with Gasteiger partial charge in [-0.15, -0.1) is 0 Å². The Kier molecular flexibility index (Phi) is 6.95. The normalized spacial score (nSPS) is 15.1. The second-order valence-corrected chi connectivity index (χ2v) is 8.58. The summed E-state index contributed by atoms with van der Waals surface area (Å²) in [5, 5.41) is 2.89. The Hall–Kier alpha value is -2.65. The molecule has 2 aromatic heterocycles. The molecule has 1 saturated heterocycles. The van der Waals surface area contributed by atoms with Crippen LogP contribution in [0, 0.1) is 11.6 Å². The lowest BCUT2D eigenvalue weighted by molar-refractivity contribution is 0.0910. The first-order chi connectivity index (χ1) is 15.4. The third kappa shape index (κ3) is 5.05. The number of piperidine rings is 1. The molecule has 3 aromatic rings. The number of hydrogen-bond acceptors (Lipinski definition) is 5. The zero-order chi connectivity index (χ0) is 22.7. The van der Waals surface area contributed by atoms with E-state index in [4.69, 9.17) is 4.74 Å². The zero-order valence-electron chi connectivity index (χ0n) is 17.6. The number of carbonyl (C=O) groups is 1. The SMILES string of the molecule is COc1ccc2nccc(CCN3CCC(NC(=O)c4cc(F)c(Br)c(F)c4)CC3)c2n1. The van der Waals surface area contributed by atoms with E-state index < -0.39 is 17.5 Å². The summed E-state index contributed by atoms with van der Waals surface area (Å²) in [5.41, 5.74) is 2.79. The van der Waals surface area contributed by atoms with Gasteiger partial charge in [0.05, 0.1) is 22.6 Å². The molecule has 9 heteroatoms. The molecule has 1 fully saturated rings. The van der Waals surface area contributed by atoms with Crippen molar-refractivity contribution >= 4 is 32.9 Å². The van der Waals surface area contributed by atoms with Crippen LogP contribution in [0.4, 0.5) is 8.78 Å². The first kappa shape index (κ1) is 22.5. The highest BCUT2D eigenvalue weighted by molar-refractivity contribution is 9.10. The molecule has 32 heavy (non-hydrogen) atoms. The molecule has 0 unspecified atom stereocenters. The van der Waals surface area contributed by atoms with E-state index in [2.05, 4.69) is 36.1 Å². The van der Waals surface area contributed by atoms with E-state index in [1.54, 1.807) is 19.4 Å². The molecule has 0 radical (unpaired) electrons. The Morgan fingerprint density at radius 3 is 2.62 bits per heavy atom. The summed E-state index contributed by atoms with van der Waals surface area (Å²) in [6, 6.07) is 7.75. The van der Waals surface area contributed by atoms with Crippen LogP contribution in [0.15, 0.2) is 41.0 Å². The van der Waals surface area contributed by atoms with Gasteiger partial charge in [0.25, 0.3) is 5.91 Å². The van der Waals surface area contributed by atoms with Crippen molar-refractivity contribution in [3.63, 3.8) is 0 Å². The van der Waals surface area contributed by atoms with E-state index in [0.717, 1.165) is 67.6 Å². The smallest absolute Gasteiger partial charge is 0.251 e. The Morgan fingerprint density at radius 1 is 1.22 bits per heavy atom. The van der Waals surface area contributed by atoms with Gasteiger partial charge in [0.1, 0.15) is 11.6 Å². The highest BCUT2D eigenvalue weighted by Crippen LogP contribution is 2.22. The Labute approximate surface area is 193 Å². The molecule has 0 bridgehead atoms. The van der Waals surface area contributed by atoms with Crippen molar-refractivity contribution in [2.24, 2.45) is 0 Å². The van der Waals surface area contributed by atoms with E-state index in [1.165, 1.54) is 0 Å². The predicted octanol–water partition coefficient (Wildman–Crippen LogP) is 4.12. The largest absolute Gasteiger partial charge is 0.481 e. The number of carbonyl (C=O) groups excluding carboxylic acids is 1. The average molecular weight is 505 g/mol. The molecule has 1 aliphatic heterocycles. The van der Waals surface area contributed by atoms with Gasteiger partial charge in [-0.3, -0.25) is 9.78 Å². The van der Waals surface area contributed by atoms with E-state index in [1.807, 2.05) is 12.1 Å². The fourth-order valence-electron chi connectivity index (χ4n) is 3.91. The van der Waals surface area contributed by atoms with Crippen molar-refractivity contribution in [3.05, 3.63) is 63.8 Å². The molecule has 168 valence electrons. The Bertz CT molecular complexity index is 1110. The van der Waals surface area contributed by atoms with Gasteiger partial charge in [0.2, 0.25) is 5.88 Å². The first-order valence-electron chi connectivity index (χ1n) is 10.4. The molecule has 0 spiro atoms. The van der Waals surface area contributed by atoms with Crippen LogP contribution in [-0.4, -0.2) is 53.6 Å². The van der Waals surface area contributed by atoms with Gasteiger partial charge >= 0.3 is 0 Å². The highest BCUT2D eigenvalue weighted by atomic mass is 79.9. The average Bonchev–Trinajstić information content (AvgIpc) is 2.81. The topological polar surface area (TPSA) is 67.3 Å². The van der Waals surface area contributed by atoms with Crippen molar-refractivity contribution in [2.75, 3.05) is 26.7 Å². The van der Waals surface area contributed by atoms with Crippen LogP contribution in [0.1, 0.15) is 28.8 Å². The lowest BCUT2D eigenvalue weighted by Crippen LogP contribution is -2.45. The van der Waals surface area contributed by atoms with Crippen LogP contribution in [0.25, 0.3) is 11.0 Å². The second kappa shape index (κ2) is 9.87. The fraction of sp³-hybridized carbons (Fsp3) is 0.348. The van der Waals surface area contributed by atoms with Gasteiger partial charge < -0.3 is 15.0 Å². The molecular weight excluding hydrogens is 482 g/mol. The molecule has 1 amide bonds. The van der Waals surface area contributed by atoms with Crippen LogP contribution in [0.2, 0.25) is 0 Å². The monoisotopic (exact) mass is 504 g/mol. The van der Waals surface area contributed by atoms with E-state index in [-0.39, 0.29) is 16.1 Å². The van der Waals surface area contributed by atoms with Crippen LogP contribution in [0.3, 0.4) is 0 Å². The van der Waals surface area contributed by atoms with Crippen molar-refractivity contribution in [1.82, 2.24) is 20.2 Å². The number of halogens is 3. The molecule has 3 heterocycles. The third-order valence-electron chi connectivity index (χ3n) is 5.72. The van der Waals surface area contributed by atoms with Crippen molar-refractivity contribution in [1.29, 1.82) is 0 Å². The lowest BCUT2D eigenvalue weighted by Gasteiger charge is -2.32. The highest BCUT2D eigenvalue weighted by Gasteiger charge is 2.22. The standard InChI is InChI=1S/C23H23BrF2N4O2/c1-32-20-3-2-19-22(29-20)14(4-8-27-19)5-9-30-10-6-16(7-11-30)28-23(31)15-12-17(25)21(24)18(26)13-15/h2-4,8,12-13,16H,5-7,9-11H2,1H3,(H,28,31). The summed E-state index contributed by atoms with van der Waals surface area (Å²) in [7, 11) is 1.59. The summed E-state index contributed by atoms with van der Waals surface area (Å²) < 4.78 is 32.4. The number of aromatic nitrogens is 2. The quantitative estimate of drug-likeness (QED) is 0.511. The van der Waals surface area contributed by atoms with E-state index in [9.17, 15) is 13.6 Å². The summed E-state index contributed by atoms with van der Waals surface area (Å²) in [6.07, 6.45) is 4.17. The molecule has 6 nitrogen and oxygen atoms in total. The third-order valence-corrected chi connectivity index (χ3v) is 6.47. The second-order valence-electron chi connectivity index (χ2n) is 7.78. The summed E-state index contributed by atoms with van der Waals surface area (Å²) in [6.45, 7) is 2.52. The maximum atomic E-state index is 13.7. The minimum Gasteiger partial charge on any atom is -0.481 e. The van der Waals surface area contributed by atoms with Gasteiger partial charge in [0.15, 0.2) is 0 Å². The number of nitrogens with zero attached hydrogens (tertiary/aromatic N) is 3. The van der Waals surface area contributed by atoms with Gasteiger partial charge in [0, 0.05) is 43.5 Å². The summed E-state index contributed by atoms with van der Waals surface area (Å²) in [5.74, 6) is -1.48. The molecule has 1 N–H and O–H groups in total. The van der Waals surface area contributed by atoms with Crippen LogP contribution >= 0.6 is 15.9 Å². The van der Waals surface area contributed by atoms with Crippen molar-refractivity contribution in [2.45, 2.75) is 25.3 Å². The van der Waals surface area contributed by atoms with E-state index >= 15 is 0 Å². The van der Waals surface area contributed by atoms with Crippen LogP contribution in [0.5, 0.6) is 5.88 Å². The number of methoxy groups -OCH3 is 1. The van der Waals surface area contributed by atoms with Crippen molar-refractivity contribution < 1.29 is 18.3 Å². The number of pyridine rings is 2. The van der Waals surface area contributed by atoms with Gasteiger partial charge in [-0.1, -0.05) is 0 Å². The minimum atomic E-state index is -0.791. The molecule has 4 rings (SSSR count).